The van der Waals surface area contributed by atoms with Gasteiger partial charge in [-0.05, 0) is 32.9 Å². The molecule has 0 radical (unpaired) electrons. The van der Waals surface area contributed by atoms with Crippen LogP contribution in [-0.2, 0) is 6.54 Å². The maximum Gasteiger partial charge on any atom is 0.278 e. The highest BCUT2D eigenvalue weighted by Crippen LogP contribution is 2.25. The maximum atomic E-state index is 11.1. The van der Waals surface area contributed by atoms with Crippen LogP contribution in [0.5, 0.6) is 0 Å². The molecule has 0 fully saturated rings. The Morgan fingerprint density at radius 1 is 1.50 bits per heavy atom. The lowest BCUT2D eigenvalue weighted by molar-refractivity contribution is -0.386. The van der Waals surface area contributed by atoms with Gasteiger partial charge in [-0.3, -0.25) is 15.1 Å². The third-order valence-corrected chi connectivity index (χ3v) is 3.41. The molecular formula is C14H18N4O2. The first-order chi connectivity index (χ1) is 9.41. The van der Waals surface area contributed by atoms with Gasteiger partial charge in [-0.15, -0.1) is 0 Å². The quantitative estimate of drug-likeness (QED) is 0.685. The van der Waals surface area contributed by atoms with Crippen molar-refractivity contribution in [1.29, 1.82) is 0 Å². The molecular weight excluding hydrogens is 256 g/mol. The van der Waals surface area contributed by atoms with E-state index in [9.17, 15) is 10.1 Å². The number of aromatic nitrogens is 2. The number of pyridine rings is 1. The largest absolute Gasteiger partial charge is 0.344 e. The fourth-order valence-electron chi connectivity index (χ4n) is 2.35. The van der Waals surface area contributed by atoms with E-state index < -0.39 is 0 Å². The van der Waals surface area contributed by atoms with Gasteiger partial charge in [0.25, 0.3) is 5.69 Å². The molecule has 1 unspecified atom stereocenters. The lowest BCUT2D eigenvalue weighted by Gasteiger charge is -2.13. The number of hydrogen-bond donors (Lipinski definition) is 1. The number of nitrogens with zero attached hydrogens (tertiary/aromatic N) is 3. The molecule has 0 saturated carbocycles. The molecule has 1 atom stereocenters. The normalized spacial score (nSPS) is 12.4. The second kappa shape index (κ2) is 5.42. The Morgan fingerprint density at radius 3 is 2.80 bits per heavy atom. The third kappa shape index (κ3) is 2.55. The number of nitrogens with two attached hydrogens (primary N) is 1. The molecule has 2 heterocycles. The lowest BCUT2D eigenvalue weighted by atomic mass is 10.1. The Hall–Kier alpha value is -2.21. The van der Waals surface area contributed by atoms with Crippen molar-refractivity contribution in [2.75, 3.05) is 0 Å². The minimum atomic E-state index is -0.349. The Morgan fingerprint density at radius 2 is 2.20 bits per heavy atom. The maximum absolute atomic E-state index is 11.1. The monoisotopic (exact) mass is 274 g/mol. The van der Waals surface area contributed by atoms with Crippen LogP contribution in [0.4, 0.5) is 5.69 Å². The van der Waals surface area contributed by atoms with E-state index in [2.05, 4.69) is 4.98 Å². The van der Waals surface area contributed by atoms with E-state index in [1.807, 2.05) is 29.8 Å². The Balaban J connectivity index is 2.42. The number of aryl methyl sites for hydroxylation is 1. The van der Waals surface area contributed by atoms with Gasteiger partial charge in [-0.25, -0.2) is 0 Å². The molecule has 6 heteroatoms. The predicted octanol–water partition coefficient (Wildman–Crippen LogP) is 2.48. The second-order valence-corrected chi connectivity index (χ2v) is 4.97. The van der Waals surface area contributed by atoms with Gasteiger partial charge in [0, 0.05) is 29.7 Å². The van der Waals surface area contributed by atoms with Crippen LogP contribution in [-0.4, -0.2) is 14.5 Å². The summed E-state index contributed by atoms with van der Waals surface area (Å²) in [5.74, 6) is 0. The van der Waals surface area contributed by atoms with Crippen molar-refractivity contribution in [3.8, 4) is 0 Å². The standard InChI is InChI=1S/C14H18N4O2/c1-9-7-16-12(10(2)14(9)18(19)20)8-17-6-4-5-13(17)11(3)15/h4-7,11H,8,15H2,1-3H3. The average Bonchev–Trinajstić information content (AvgIpc) is 2.80. The molecule has 2 aromatic heterocycles. The van der Waals surface area contributed by atoms with Crippen LogP contribution in [0.25, 0.3) is 0 Å². The molecule has 0 aliphatic carbocycles. The molecule has 0 aromatic carbocycles. The van der Waals surface area contributed by atoms with Crippen molar-refractivity contribution in [3.63, 3.8) is 0 Å². The molecule has 0 spiro atoms. The highest BCUT2D eigenvalue weighted by Gasteiger charge is 2.19. The van der Waals surface area contributed by atoms with Gasteiger partial charge in [-0.2, -0.15) is 0 Å². The summed E-state index contributed by atoms with van der Waals surface area (Å²) < 4.78 is 1.97. The molecule has 2 N–H and O–H groups in total. The van der Waals surface area contributed by atoms with Crippen molar-refractivity contribution >= 4 is 5.69 Å². The number of hydrogen-bond acceptors (Lipinski definition) is 4. The fraction of sp³-hybridized carbons (Fsp3) is 0.357. The van der Waals surface area contributed by atoms with Crippen LogP contribution < -0.4 is 5.73 Å². The van der Waals surface area contributed by atoms with E-state index in [0.29, 0.717) is 23.4 Å². The molecule has 0 aliphatic rings. The fourth-order valence-corrected chi connectivity index (χ4v) is 2.35. The van der Waals surface area contributed by atoms with Gasteiger partial charge in [0.1, 0.15) is 0 Å². The second-order valence-electron chi connectivity index (χ2n) is 4.97. The van der Waals surface area contributed by atoms with Crippen molar-refractivity contribution in [2.24, 2.45) is 5.73 Å². The van der Waals surface area contributed by atoms with E-state index in [1.165, 1.54) is 0 Å². The Bertz CT molecular complexity index is 647. The van der Waals surface area contributed by atoms with E-state index >= 15 is 0 Å². The zero-order valence-corrected chi connectivity index (χ0v) is 11.8. The van der Waals surface area contributed by atoms with Crippen molar-refractivity contribution in [1.82, 2.24) is 9.55 Å². The van der Waals surface area contributed by atoms with Crippen LogP contribution in [0.1, 0.15) is 35.5 Å². The smallest absolute Gasteiger partial charge is 0.278 e. The van der Waals surface area contributed by atoms with Crippen molar-refractivity contribution < 1.29 is 4.92 Å². The van der Waals surface area contributed by atoms with Crippen molar-refractivity contribution in [2.45, 2.75) is 33.4 Å². The number of rotatable bonds is 4. The number of nitro groups is 1. The summed E-state index contributed by atoms with van der Waals surface area (Å²) in [6.07, 6.45) is 3.46. The summed E-state index contributed by atoms with van der Waals surface area (Å²) in [5.41, 5.74) is 8.91. The van der Waals surface area contributed by atoms with Gasteiger partial charge < -0.3 is 10.3 Å². The van der Waals surface area contributed by atoms with E-state index in [1.54, 1.807) is 20.0 Å². The van der Waals surface area contributed by atoms with E-state index in [-0.39, 0.29) is 16.7 Å². The minimum Gasteiger partial charge on any atom is -0.344 e. The molecule has 106 valence electrons. The summed E-state index contributed by atoms with van der Waals surface area (Å²) in [5, 5.41) is 11.1. The average molecular weight is 274 g/mol. The summed E-state index contributed by atoms with van der Waals surface area (Å²) in [7, 11) is 0. The van der Waals surface area contributed by atoms with E-state index in [0.717, 1.165) is 5.69 Å². The first-order valence-electron chi connectivity index (χ1n) is 6.42. The molecule has 0 aliphatic heterocycles. The van der Waals surface area contributed by atoms with E-state index in [4.69, 9.17) is 5.73 Å². The molecule has 0 amide bonds. The molecule has 2 rings (SSSR count). The van der Waals surface area contributed by atoms with Gasteiger partial charge in [0.15, 0.2) is 0 Å². The van der Waals surface area contributed by atoms with Crippen LogP contribution in [0.2, 0.25) is 0 Å². The zero-order valence-electron chi connectivity index (χ0n) is 11.8. The Labute approximate surface area is 117 Å². The zero-order chi connectivity index (χ0) is 14.9. The first-order valence-corrected chi connectivity index (χ1v) is 6.42. The SMILES string of the molecule is Cc1cnc(Cn2cccc2C(C)N)c(C)c1[N+](=O)[O-]. The highest BCUT2D eigenvalue weighted by molar-refractivity contribution is 5.47. The lowest BCUT2D eigenvalue weighted by Crippen LogP contribution is -2.14. The third-order valence-electron chi connectivity index (χ3n) is 3.41. The molecule has 0 saturated heterocycles. The summed E-state index contributed by atoms with van der Waals surface area (Å²) >= 11 is 0. The van der Waals surface area contributed by atoms with Gasteiger partial charge >= 0.3 is 0 Å². The Kier molecular flexibility index (Phi) is 3.85. The van der Waals surface area contributed by atoms with Crippen LogP contribution in [0, 0.1) is 24.0 Å². The molecule has 2 aromatic rings. The molecule has 6 nitrogen and oxygen atoms in total. The molecule has 20 heavy (non-hydrogen) atoms. The van der Waals surface area contributed by atoms with Crippen molar-refractivity contribution in [3.05, 3.63) is 57.2 Å². The first kappa shape index (κ1) is 14.2. The minimum absolute atomic E-state index is 0.0919. The van der Waals surface area contributed by atoms with Crippen LogP contribution >= 0.6 is 0 Å². The topological polar surface area (TPSA) is 87.0 Å². The van der Waals surface area contributed by atoms with Gasteiger partial charge in [0.2, 0.25) is 0 Å². The van der Waals surface area contributed by atoms with Crippen LogP contribution in [0.3, 0.4) is 0 Å². The summed E-state index contributed by atoms with van der Waals surface area (Å²) in [4.78, 5) is 15.1. The summed E-state index contributed by atoms with van der Waals surface area (Å²) in [6.45, 7) is 5.83. The highest BCUT2D eigenvalue weighted by atomic mass is 16.6. The van der Waals surface area contributed by atoms with Gasteiger partial charge in [0.05, 0.1) is 22.7 Å². The molecule has 0 bridgehead atoms. The predicted molar refractivity (Wildman–Crippen MR) is 76.5 cm³/mol. The summed E-state index contributed by atoms with van der Waals surface area (Å²) in [6, 6.07) is 3.77. The van der Waals surface area contributed by atoms with Gasteiger partial charge in [-0.1, -0.05) is 0 Å². The van der Waals surface area contributed by atoms with Crippen LogP contribution in [0.15, 0.2) is 24.5 Å².